The Labute approximate surface area is 122 Å². The molecule has 2 aromatic carbocycles. The van der Waals surface area contributed by atoms with Crippen molar-refractivity contribution in [3.63, 3.8) is 0 Å². The molecule has 0 saturated carbocycles. The number of hydrogen-bond donors (Lipinski definition) is 0. The van der Waals surface area contributed by atoms with Crippen LogP contribution in [0, 0.1) is 0 Å². The van der Waals surface area contributed by atoms with Gasteiger partial charge in [-0.3, -0.25) is 0 Å². The minimum absolute atomic E-state index is 0.216. The van der Waals surface area contributed by atoms with Crippen LogP contribution in [0.15, 0.2) is 48.0 Å². The monoisotopic (exact) mass is 262 g/mol. The van der Waals surface area contributed by atoms with E-state index in [-0.39, 0.29) is 5.41 Å². The van der Waals surface area contributed by atoms with E-state index in [9.17, 15) is 0 Å². The van der Waals surface area contributed by atoms with E-state index in [4.69, 9.17) is 0 Å². The highest BCUT2D eigenvalue weighted by molar-refractivity contribution is 5.80. The van der Waals surface area contributed by atoms with Gasteiger partial charge < -0.3 is 0 Å². The Kier molecular flexibility index (Phi) is 3.05. The maximum absolute atomic E-state index is 2.34. The Morgan fingerprint density at radius 3 is 2.25 bits per heavy atom. The molecule has 0 aliphatic heterocycles. The molecule has 1 aliphatic rings. The summed E-state index contributed by atoms with van der Waals surface area (Å²) in [7, 11) is 0. The first-order valence-corrected chi connectivity index (χ1v) is 7.35. The smallest absolute Gasteiger partial charge is 0.00604 e. The van der Waals surface area contributed by atoms with Crippen LogP contribution in [0.25, 0.3) is 17.2 Å². The summed E-state index contributed by atoms with van der Waals surface area (Å²) >= 11 is 0. The van der Waals surface area contributed by atoms with Crippen LogP contribution in [-0.4, -0.2) is 0 Å². The van der Waals surface area contributed by atoms with Gasteiger partial charge in [-0.05, 0) is 46.6 Å². The van der Waals surface area contributed by atoms with Crippen molar-refractivity contribution in [1.29, 1.82) is 0 Å². The number of fused-ring (bicyclic) bond motifs is 1. The summed E-state index contributed by atoms with van der Waals surface area (Å²) in [6.45, 7) is 8.99. The van der Waals surface area contributed by atoms with E-state index in [0.29, 0.717) is 0 Å². The summed E-state index contributed by atoms with van der Waals surface area (Å²) in [5.74, 6) is 0. The lowest BCUT2D eigenvalue weighted by atomic mass is 9.86. The van der Waals surface area contributed by atoms with Crippen LogP contribution < -0.4 is 0 Å². The number of hydrogen-bond acceptors (Lipinski definition) is 0. The maximum atomic E-state index is 2.34. The molecule has 3 rings (SSSR count). The van der Waals surface area contributed by atoms with Crippen molar-refractivity contribution in [2.75, 3.05) is 0 Å². The first-order chi connectivity index (χ1) is 9.45. The summed E-state index contributed by atoms with van der Waals surface area (Å²) in [6.07, 6.45) is 3.44. The Bertz CT molecular complexity index is 664. The Morgan fingerprint density at radius 1 is 0.900 bits per heavy atom. The summed E-state index contributed by atoms with van der Waals surface area (Å²) in [6, 6.07) is 15.7. The van der Waals surface area contributed by atoms with Crippen molar-refractivity contribution in [3.8, 4) is 11.1 Å². The fraction of sp³-hybridized carbons (Fsp3) is 0.300. The molecule has 0 heteroatoms. The topological polar surface area (TPSA) is 0 Å². The van der Waals surface area contributed by atoms with Crippen molar-refractivity contribution >= 4 is 6.08 Å². The second-order valence-corrected chi connectivity index (χ2v) is 6.87. The minimum Gasteiger partial charge on any atom is -0.0683 e. The minimum atomic E-state index is 0.216. The lowest BCUT2D eigenvalue weighted by Crippen LogP contribution is -2.10. The fourth-order valence-electron chi connectivity index (χ4n) is 2.94. The highest BCUT2D eigenvalue weighted by atomic mass is 14.2. The Morgan fingerprint density at radius 2 is 1.60 bits per heavy atom. The molecular weight excluding hydrogens is 240 g/mol. The third kappa shape index (κ3) is 2.31. The molecule has 0 spiro atoms. The van der Waals surface area contributed by atoms with Gasteiger partial charge in [0.05, 0.1) is 0 Å². The van der Waals surface area contributed by atoms with Gasteiger partial charge in [0.1, 0.15) is 0 Å². The van der Waals surface area contributed by atoms with Crippen LogP contribution in [0.2, 0.25) is 0 Å². The van der Waals surface area contributed by atoms with Crippen molar-refractivity contribution in [2.24, 2.45) is 0 Å². The van der Waals surface area contributed by atoms with Crippen LogP contribution in [-0.2, 0) is 11.8 Å². The van der Waals surface area contributed by atoms with Crippen molar-refractivity contribution in [1.82, 2.24) is 0 Å². The average molecular weight is 262 g/mol. The van der Waals surface area contributed by atoms with E-state index >= 15 is 0 Å². The molecule has 20 heavy (non-hydrogen) atoms. The first-order valence-electron chi connectivity index (χ1n) is 7.35. The molecule has 0 amide bonds. The average Bonchev–Trinajstić information content (AvgIpc) is 2.78. The van der Waals surface area contributed by atoms with Gasteiger partial charge in [-0.25, -0.2) is 0 Å². The van der Waals surface area contributed by atoms with Crippen LogP contribution in [0.1, 0.15) is 44.4 Å². The summed E-state index contributed by atoms with van der Waals surface area (Å²) in [4.78, 5) is 0. The third-order valence-electron chi connectivity index (χ3n) is 4.12. The maximum Gasteiger partial charge on any atom is -0.00604 e. The third-order valence-corrected chi connectivity index (χ3v) is 4.12. The quantitative estimate of drug-likeness (QED) is 0.626. The van der Waals surface area contributed by atoms with Gasteiger partial charge in [0, 0.05) is 0 Å². The summed E-state index contributed by atoms with van der Waals surface area (Å²) < 4.78 is 0. The van der Waals surface area contributed by atoms with Crippen LogP contribution in [0.4, 0.5) is 0 Å². The van der Waals surface area contributed by atoms with Crippen LogP contribution >= 0.6 is 0 Å². The van der Waals surface area contributed by atoms with E-state index in [1.54, 1.807) is 0 Å². The zero-order chi connectivity index (χ0) is 14.3. The predicted octanol–water partition coefficient (Wildman–Crippen LogP) is 5.61. The molecule has 0 fully saturated rings. The van der Waals surface area contributed by atoms with E-state index in [1.807, 2.05) is 0 Å². The van der Waals surface area contributed by atoms with Gasteiger partial charge in [0.2, 0.25) is 0 Å². The molecule has 0 saturated heterocycles. The van der Waals surface area contributed by atoms with Crippen LogP contribution in [0.5, 0.6) is 0 Å². The molecule has 102 valence electrons. The summed E-state index contributed by atoms with van der Waals surface area (Å²) in [5, 5.41) is 0. The SMILES string of the molecule is CC1=Cc2c(cccc2-c2ccc(C(C)(C)C)cc2)C1. The largest absolute Gasteiger partial charge is 0.0683 e. The van der Waals surface area contributed by atoms with Crippen molar-refractivity contribution in [3.05, 3.63) is 64.7 Å². The predicted molar refractivity (Wildman–Crippen MR) is 87.9 cm³/mol. The molecule has 0 nitrogen and oxygen atoms in total. The molecule has 0 aromatic heterocycles. The van der Waals surface area contributed by atoms with E-state index in [0.717, 1.165) is 6.42 Å². The van der Waals surface area contributed by atoms with Crippen molar-refractivity contribution in [2.45, 2.75) is 39.5 Å². The molecule has 0 unspecified atom stereocenters. The molecule has 0 heterocycles. The molecule has 0 bridgehead atoms. The summed E-state index contributed by atoms with van der Waals surface area (Å²) in [5.41, 5.74) is 8.61. The lowest BCUT2D eigenvalue weighted by Gasteiger charge is -2.19. The Hall–Kier alpha value is -1.82. The number of benzene rings is 2. The van der Waals surface area contributed by atoms with Gasteiger partial charge in [0.25, 0.3) is 0 Å². The fourth-order valence-corrected chi connectivity index (χ4v) is 2.94. The Balaban J connectivity index is 2.05. The van der Waals surface area contributed by atoms with Gasteiger partial charge in [-0.1, -0.05) is 74.9 Å². The van der Waals surface area contributed by atoms with Crippen molar-refractivity contribution < 1.29 is 0 Å². The highest BCUT2D eigenvalue weighted by Crippen LogP contribution is 2.34. The molecule has 0 radical (unpaired) electrons. The standard InChI is InChI=1S/C20H22/c1-14-12-16-6-5-7-18(19(16)13-14)15-8-10-17(11-9-15)20(2,3)4/h5-11,13H,12H2,1-4H3. The first kappa shape index (κ1) is 13.2. The number of rotatable bonds is 1. The molecular formula is C20H22. The molecule has 2 aromatic rings. The van der Waals surface area contributed by atoms with Gasteiger partial charge >= 0.3 is 0 Å². The highest BCUT2D eigenvalue weighted by Gasteiger charge is 2.16. The van der Waals surface area contributed by atoms with Gasteiger partial charge in [-0.15, -0.1) is 0 Å². The normalized spacial score (nSPS) is 14.1. The van der Waals surface area contributed by atoms with E-state index < -0.39 is 0 Å². The van der Waals surface area contributed by atoms with Gasteiger partial charge in [0.15, 0.2) is 0 Å². The second kappa shape index (κ2) is 4.63. The molecule has 0 atom stereocenters. The zero-order valence-corrected chi connectivity index (χ0v) is 12.8. The number of allylic oxidation sites excluding steroid dienone is 1. The van der Waals surface area contributed by atoms with Gasteiger partial charge in [-0.2, -0.15) is 0 Å². The molecule has 1 aliphatic carbocycles. The lowest BCUT2D eigenvalue weighted by molar-refractivity contribution is 0.590. The molecule has 0 N–H and O–H groups in total. The van der Waals surface area contributed by atoms with E-state index in [2.05, 4.69) is 76.2 Å². The second-order valence-electron chi connectivity index (χ2n) is 6.87. The van der Waals surface area contributed by atoms with Crippen LogP contribution in [0.3, 0.4) is 0 Å². The van der Waals surface area contributed by atoms with E-state index in [1.165, 1.54) is 33.4 Å². The zero-order valence-electron chi connectivity index (χ0n) is 12.8.